The third kappa shape index (κ3) is 4.31. The molecule has 3 rings (SSSR count). The monoisotopic (exact) mass is 334 g/mol. The number of hydrogen-bond donors (Lipinski definition) is 1. The molecular weight excluding hydrogens is 316 g/mol. The zero-order chi connectivity index (χ0) is 16.1. The topological polar surface area (TPSA) is 88.4 Å². The zero-order valence-electron chi connectivity index (χ0n) is 12.6. The van der Waals surface area contributed by atoms with Gasteiger partial charge in [-0.1, -0.05) is 0 Å². The Morgan fingerprint density at radius 1 is 1.22 bits per heavy atom. The van der Waals surface area contributed by atoms with Gasteiger partial charge in [-0.15, -0.1) is 0 Å². The van der Waals surface area contributed by atoms with Crippen molar-refractivity contribution in [3.8, 4) is 11.4 Å². The van der Waals surface area contributed by atoms with Crippen LogP contribution in [0.25, 0.3) is 11.4 Å². The number of ether oxygens (including phenoxy) is 1. The molecule has 122 valence electrons. The highest BCUT2D eigenvalue weighted by Gasteiger charge is 2.16. The van der Waals surface area contributed by atoms with Crippen molar-refractivity contribution in [1.29, 1.82) is 0 Å². The van der Waals surface area contributed by atoms with Crippen LogP contribution < -0.4 is 4.90 Å². The maximum absolute atomic E-state index is 10.9. The molecule has 0 radical (unpaired) electrons. The van der Waals surface area contributed by atoms with Crippen LogP contribution >= 0.6 is 0 Å². The van der Waals surface area contributed by atoms with E-state index in [9.17, 15) is 4.21 Å². The highest BCUT2D eigenvalue weighted by Crippen LogP contribution is 2.21. The van der Waals surface area contributed by atoms with Crippen molar-refractivity contribution >= 4 is 16.9 Å². The molecule has 1 unspecified atom stereocenters. The van der Waals surface area contributed by atoms with E-state index in [0.717, 1.165) is 30.2 Å². The first kappa shape index (κ1) is 16.0. The van der Waals surface area contributed by atoms with Gasteiger partial charge in [0, 0.05) is 49.2 Å². The molecule has 1 atom stereocenters. The van der Waals surface area contributed by atoms with Gasteiger partial charge in [0.05, 0.1) is 19.0 Å². The first-order valence-corrected chi connectivity index (χ1v) is 8.68. The Labute approximate surface area is 137 Å². The molecule has 0 amide bonds. The molecule has 2 aromatic rings. The molecule has 1 N–H and O–H groups in total. The summed E-state index contributed by atoms with van der Waals surface area (Å²) in [6.07, 6.45) is 3.83. The molecule has 1 saturated heterocycles. The fraction of sp³-hybridized carbons (Fsp3) is 0.400. The van der Waals surface area contributed by atoms with Crippen molar-refractivity contribution in [3.63, 3.8) is 0 Å². The fourth-order valence-electron chi connectivity index (χ4n) is 2.39. The summed E-state index contributed by atoms with van der Waals surface area (Å²) in [5.41, 5.74) is 1.64. The molecule has 8 heteroatoms. The summed E-state index contributed by atoms with van der Waals surface area (Å²) < 4.78 is 25.3. The smallest absolute Gasteiger partial charge is 0.161 e. The molecule has 3 heterocycles. The number of hydrogen-bond acceptors (Lipinski definition) is 6. The molecule has 0 aliphatic carbocycles. The van der Waals surface area contributed by atoms with Crippen LogP contribution in [0, 0.1) is 0 Å². The molecule has 0 saturated carbocycles. The van der Waals surface area contributed by atoms with Gasteiger partial charge in [0.2, 0.25) is 0 Å². The van der Waals surface area contributed by atoms with E-state index < -0.39 is 11.1 Å². The van der Waals surface area contributed by atoms with Crippen LogP contribution in [0.3, 0.4) is 0 Å². The van der Waals surface area contributed by atoms with E-state index in [-0.39, 0.29) is 5.75 Å². The first-order chi connectivity index (χ1) is 11.2. The molecule has 0 aromatic carbocycles. The van der Waals surface area contributed by atoms with Gasteiger partial charge in [-0.25, -0.2) is 14.2 Å². The number of morpholine rings is 1. The zero-order valence-corrected chi connectivity index (χ0v) is 13.4. The summed E-state index contributed by atoms with van der Waals surface area (Å²) in [6, 6.07) is 5.60. The number of nitrogens with zero attached hydrogens (tertiary/aromatic N) is 4. The van der Waals surface area contributed by atoms with Crippen LogP contribution in [0.15, 0.2) is 30.6 Å². The predicted octanol–water partition coefficient (Wildman–Crippen LogP) is 1.14. The van der Waals surface area contributed by atoms with E-state index in [1.165, 1.54) is 0 Å². The molecule has 1 aliphatic rings. The van der Waals surface area contributed by atoms with Crippen LogP contribution in [0.4, 0.5) is 5.82 Å². The average molecular weight is 334 g/mol. The van der Waals surface area contributed by atoms with E-state index in [4.69, 9.17) is 9.29 Å². The lowest BCUT2D eigenvalue weighted by Gasteiger charge is -2.28. The Morgan fingerprint density at radius 3 is 2.65 bits per heavy atom. The SMILES string of the molecule is O=S(O)CCc1cc(N2CCOCC2)nc(-c2ccncc2)n1. The van der Waals surface area contributed by atoms with E-state index in [2.05, 4.69) is 19.9 Å². The van der Waals surface area contributed by atoms with E-state index >= 15 is 0 Å². The van der Waals surface area contributed by atoms with Gasteiger partial charge >= 0.3 is 0 Å². The second kappa shape index (κ2) is 7.58. The Kier molecular flexibility index (Phi) is 5.27. The number of rotatable bonds is 5. The summed E-state index contributed by atoms with van der Waals surface area (Å²) in [5, 5.41) is 0. The minimum atomic E-state index is -1.83. The van der Waals surface area contributed by atoms with Gasteiger partial charge in [-0.05, 0) is 12.1 Å². The molecule has 2 aromatic heterocycles. The summed E-state index contributed by atoms with van der Waals surface area (Å²) in [5.74, 6) is 1.60. The third-order valence-electron chi connectivity index (χ3n) is 3.57. The Morgan fingerprint density at radius 2 is 1.96 bits per heavy atom. The molecule has 7 nitrogen and oxygen atoms in total. The summed E-state index contributed by atoms with van der Waals surface area (Å²) in [6.45, 7) is 2.89. The molecule has 0 spiro atoms. The van der Waals surface area contributed by atoms with Crippen molar-refractivity contribution < 1.29 is 13.5 Å². The minimum absolute atomic E-state index is 0.162. The highest BCUT2D eigenvalue weighted by molar-refractivity contribution is 7.79. The highest BCUT2D eigenvalue weighted by atomic mass is 32.2. The summed E-state index contributed by atoms with van der Waals surface area (Å²) in [4.78, 5) is 15.3. The molecular formula is C15H18N4O3S. The second-order valence-electron chi connectivity index (χ2n) is 5.15. The molecule has 23 heavy (non-hydrogen) atoms. The van der Waals surface area contributed by atoms with Gasteiger partial charge in [-0.3, -0.25) is 4.98 Å². The van der Waals surface area contributed by atoms with Crippen LogP contribution in [0.5, 0.6) is 0 Å². The fourth-order valence-corrected chi connectivity index (χ4v) is 2.77. The van der Waals surface area contributed by atoms with Gasteiger partial charge in [-0.2, -0.15) is 0 Å². The van der Waals surface area contributed by atoms with Gasteiger partial charge in [0.15, 0.2) is 16.9 Å². The standard InChI is InChI=1S/C15H18N4O3S/c20-23(21)10-3-13-11-14(19-6-8-22-9-7-19)18-15(17-13)12-1-4-16-5-2-12/h1-2,4-5,11H,3,6-10H2,(H,20,21). The maximum Gasteiger partial charge on any atom is 0.161 e. The Bertz CT molecular complexity index is 678. The molecule has 0 bridgehead atoms. The van der Waals surface area contributed by atoms with Crippen molar-refractivity contribution in [2.24, 2.45) is 0 Å². The lowest BCUT2D eigenvalue weighted by atomic mass is 10.2. The summed E-state index contributed by atoms with van der Waals surface area (Å²) in [7, 11) is 0. The largest absolute Gasteiger partial charge is 0.378 e. The van der Waals surface area contributed by atoms with Crippen LogP contribution in [0.2, 0.25) is 0 Å². The number of aromatic nitrogens is 3. The number of aryl methyl sites for hydroxylation is 1. The summed E-state index contributed by atoms with van der Waals surface area (Å²) >= 11 is -1.83. The van der Waals surface area contributed by atoms with E-state index in [0.29, 0.717) is 25.5 Å². The predicted molar refractivity (Wildman–Crippen MR) is 87.6 cm³/mol. The van der Waals surface area contributed by atoms with Crippen molar-refractivity contribution in [2.45, 2.75) is 6.42 Å². The Balaban J connectivity index is 1.94. The lowest BCUT2D eigenvalue weighted by molar-refractivity contribution is 0.122. The van der Waals surface area contributed by atoms with E-state index in [1.807, 2.05) is 18.2 Å². The molecule has 1 fully saturated rings. The normalized spacial score (nSPS) is 16.3. The van der Waals surface area contributed by atoms with Crippen molar-refractivity contribution in [1.82, 2.24) is 15.0 Å². The number of pyridine rings is 1. The third-order valence-corrected chi connectivity index (χ3v) is 4.13. The lowest BCUT2D eigenvalue weighted by Crippen LogP contribution is -2.37. The molecule has 1 aliphatic heterocycles. The van der Waals surface area contributed by atoms with Crippen LogP contribution in [-0.4, -0.2) is 55.8 Å². The van der Waals surface area contributed by atoms with Crippen molar-refractivity contribution in [3.05, 3.63) is 36.3 Å². The minimum Gasteiger partial charge on any atom is -0.378 e. The first-order valence-electron chi connectivity index (χ1n) is 7.41. The second-order valence-corrected chi connectivity index (χ2v) is 6.20. The maximum atomic E-state index is 10.9. The van der Waals surface area contributed by atoms with Crippen LogP contribution in [-0.2, 0) is 22.2 Å². The Hall–Kier alpha value is -1.90. The van der Waals surface area contributed by atoms with E-state index in [1.54, 1.807) is 12.4 Å². The van der Waals surface area contributed by atoms with Crippen molar-refractivity contribution in [2.75, 3.05) is 37.0 Å². The van der Waals surface area contributed by atoms with Gasteiger partial charge < -0.3 is 14.2 Å². The van der Waals surface area contributed by atoms with Gasteiger partial charge in [0.1, 0.15) is 5.82 Å². The van der Waals surface area contributed by atoms with Crippen LogP contribution in [0.1, 0.15) is 5.69 Å². The van der Waals surface area contributed by atoms with Gasteiger partial charge in [0.25, 0.3) is 0 Å². The quantitative estimate of drug-likeness (QED) is 0.820. The average Bonchev–Trinajstić information content (AvgIpc) is 2.61. The number of anilines is 1.